The summed E-state index contributed by atoms with van der Waals surface area (Å²) in [5, 5.41) is 13.8. The molecule has 1 fully saturated rings. The minimum absolute atomic E-state index is 0.0759. The van der Waals surface area contributed by atoms with Crippen LogP contribution in [0.4, 0.5) is 5.69 Å². The van der Waals surface area contributed by atoms with Crippen molar-refractivity contribution in [2.45, 2.75) is 25.8 Å². The summed E-state index contributed by atoms with van der Waals surface area (Å²) in [5.41, 5.74) is 3.57. The summed E-state index contributed by atoms with van der Waals surface area (Å²) < 4.78 is 9.57. The van der Waals surface area contributed by atoms with Crippen LogP contribution in [0.5, 0.6) is 5.75 Å². The van der Waals surface area contributed by atoms with Crippen LogP contribution in [0.25, 0.3) is 21.9 Å². The van der Waals surface area contributed by atoms with E-state index in [2.05, 4.69) is 33.8 Å². The molecule has 2 aromatic heterocycles. The van der Waals surface area contributed by atoms with E-state index < -0.39 is 0 Å². The fraction of sp³-hybridized carbons (Fsp3) is 0.261. The first-order valence-corrected chi connectivity index (χ1v) is 10.1. The number of nitrogens with zero attached hydrogens (tertiary/aromatic N) is 4. The highest BCUT2D eigenvalue weighted by atomic mass is 16.5. The van der Waals surface area contributed by atoms with Gasteiger partial charge in [-0.05, 0) is 48.2 Å². The number of aromatic nitrogens is 4. The first-order chi connectivity index (χ1) is 14.6. The smallest absolute Gasteiger partial charge is 0.262 e. The van der Waals surface area contributed by atoms with Gasteiger partial charge in [0.1, 0.15) is 5.75 Å². The summed E-state index contributed by atoms with van der Waals surface area (Å²) in [6, 6.07) is 12.7. The third-order valence-corrected chi connectivity index (χ3v) is 5.33. The molecule has 0 unspecified atom stereocenters. The average molecular weight is 401 g/mol. The van der Waals surface area contributed by atoms with Gasteiger partial charge in [0.25, 0.3) is 5.91 Å². The van der Waals surface area contributed by atoms with Gasteiger partial charge in [0, 0.05) is 25.0 Å². The van der Waals surface area contributed by atoms with E-state index in [1.165, 1.54) is 12.8 Å². The van der Waals surface area contributed by atoms with Crippen molar-refractivity contribution in [1.29, 1.82) is 0 Å². The normalized spacial score (nSPS) is 13.5. The van der Waals surface area contributed by atoms with E-state index in [1.807, 2.05) is 49.1 Å². The van der Waals surface area contributed by atoms with Crippen LogP contribution in [0.15, 0.2) is 55.0 Å². The van der Waals surface area contributed by atoms with Crippen molar-refractivity contribution >= 4 is 22.4 Å². The molecular weight excluding hydrogens is 378 g/mol. The number of aryl methyl sites for hydroxylation is 2. The Kier molecular flexibility index (Phi) is 4.50. The number of carbonyl (C=O) groups excluding carboxylic acids is 1. The Balaban J connectivity index is 1.39. The van der Waals surface area contributed by atoms with Gasteiger partial charge >= 0.3 is 0 Å². The summed E-state index contributed by atoms with van der Waals surface area (Å²) in [6.45, 7) is 1.78. The number of hydrogen-bond acceptors (Lipinski definition) is 4. The molecule has 4 aromatic rings. The number of ether oxygens (including phenoxy) is 1. The van der Waals surface area contributed by atoms with Crippen LogP contribution in [0.2, 0.25) is 0 Å². The third-order valence-electron chi connectivity index (χ3n) is 5.33. The van der Waals surface area contributed by atoms with Gasteiger partial charge in [-0.3, -0.25) is 14.2 Å². The second-order valence-electron chi connectivity index (χ2n) is 7.77. The van der Waals surface area contributed by atoms with Crippen LogP contribution in [-0.2, 0) is 11.8 Å². The molecule has 1 N–H and O–H groups in total. The highest BCUT2D eigenvalue weighted by Gasteiger charge is 2.24. The average Bonchev–Trinajstić information content (AvgIpc) is 3.38. The molecule has 0 radical (unpaired) electrons. The van der Waals surface area contributed by atoms with Crippen molar-refractivity contribution in [2.24, 2.45) is 7.05 Å². The first kappa shape index (κ1) is 18.4. The van der Waals surface area contributed by atoms with E-state index >= 15 is 0 Å². The van der Waals surface area contributed by atoms with Crippen molar-refractivity contribution in [3.05, 3.63) is 60.7 Å². The van der Waals surface area contributed by atoms with Crippen LogP contribution in [0.1, 0.15) is 24.6 Å². The lowest BCUT2D eigenvalue weighted by Gasteiger charge is -2.11. The molecular formula is C23H23N5O2. The van der Waals surface area contributed by atoms with Crippen LogP contribution < -0.4 is 10.1 Å². The van der Waals surface area contributed by atoms with Crippen molar-refractivity contribution in [1.82, 2.24) is 19.6 Å². The van der Waals surface area contributed by atoms with Crippen LogP contribution >= 0.6 is 0 Å². The summed E-state index contributed by atoms with van der Waals surface area (Å²) in [4.78, 5) is 12.4. The quantitative estimate of drug-likeness (QED) is 0.528. The molecule has 1 aliphatic rings. The fourth-order valence-electron chi connectivity index (χ4n) is 3.68. The molecule has 0 spiro atoms. The lowest BCUT2D eigenvalue weighted by atomic mass is 10.00. The Morgan fingerprint density at radius 1 is 1.23 bits per heavy atom. The third kappa shape index (κ3) is 3.66. The predicted octanol–water partition coefficient (Wildman–Crippen LogP) is 4.10. The van der Waals surface area contributed by atoms with E-state index in [-0.39, 0.29) is 12.5 Å². The molecule has 1 saturated carbocycles. The number of anilines is 1. The van der Waals surface area contributed by atoms with Crippen molar-refractivity contribution in [3.8, 4) is 16.9 Å². The van der Waals surface area contributed by atoms with Gasteiger partial charge in [0.2, 0.25) is 0 Å². The van der Waals surface area contributed by atoms with Gasteiger partial charge in [-0.2, -0.15) is 10.2 Å². The number of carbonyl (C=O) groups is 1. The molecule has 0 saturated heterocycles. The van der Waals surface area contributed by atoms with E-state index in [1.54, 1.807) is 10.9 Å². The van der Waals surface area contributed by atoms with Crippen molar-refractivity contribution in [3.63, 3.8) is 0 Å². The zero-order chi connectivity index (χ0) is 20.7. The lowest BCUT2D eigenvalue weighted by Crippen LogP contribution is -2.20. The molecule has 2 heterocycles. The molecule has 1 aliphatic carbocycles. The number of nitrogens with one attached hydrogen (secondary N) is 1. The molecule has 5 rings (SSSR count). The number of benzene rings is 2. The number of fused-ring (bicyclic) bond motifs is 1. The highest BCUT2D eigenvalue weighted by molar-refractivity contribution is 5.98. The Bertz CT molecular complexity index is 1240. The molecule has 1 amide bonds. The molecule has 0 aliphatic heterocycles. The Morgan fingerprint density at radius 3 is 2.83 bits per heavy atom. The van der Waals surface area contributed by atoms with E-state index in [4.69, 9.17) is 4.74 Å². The topological polar surface area (TPSA) is 74.0 Å². The molecule has 0 bridgehead atoms. The number of amides is 1. The molecule has 30 heavy (non-hydrogen) atoms. The molecule has 0 atom stereocenters. The zero-order valence-electron chi connectivity index (χ0n) is 17.0. The van der Waals surface area contributed by atoms with Crippen LogP contribution in [0, 0.1) is 6.92 Å². The monoisotopic (exact) mass is 401 g/mol. The fourth-order valence-corrected chi connectivity index (χ4v) is 3.68. The van der Waals surface area contributed by atoms with Gasteiger partial charge in [-0.25, -0.2) is 0 Å². The highest BCUT2D eigenvalue weighted by Crippen LogP contribution is 2.37. The molecule has 2 aromatic carbocycles. The second-order valence-corrected chi connectivity index (χ2v) is 7.77. The Hall–Kier alpha value is -3.61. The van der Waals surface area contributed by atoms with Crippen LogP contribution in [0.3, 0.4) is 0 Å². The Morgan fingerprint density at radius 2 is 2.07 bits per heavy atom. The standard InChI is InChI=1S/C23H23N5O2/c1-15-22(13-27(2)26-15)25-23(29)14-30-19-9-16-5-3-4-6-20(16)21(10-19)17-11-24-28(12-17)18-7-8-18/h3-6,9-13,18H,7-8,14H2,1-2H3,(H,25,29). The van der Waals surface area contributed by atoms with Gasteiger partial charge < -0.3 is 10.1 Å². The van der Waals surface area contributed by atoms with Crippen LogP contribution in [-0.4, -0.2) is 32.1 Å². The zero-order valence-corrected chi connectivity index (χ0v) is 17.0. The molecule has 7 heteroatoms. The maximum atomic E-state index is 12.4. The molecule has 152 valence electrons. The Labute approximate surface area is 174 Å². The number of hydrogen-bond donors (Lipinski definition) is 1. The lowest BCUT2D eigenvalue weighted by molar-refractivity contribution is -0.118. The van der Waals surface area contributed by atoms with E-state index in [0.717, 1.165) is 27.6 Å². The van der Waals surface area contributed by atoms with Gasteiger partial charge in [0.15, 0.2) is 6.61 Å². The number of rotatable bonds is 6. The SMILES string of the molecule is Cc1nn(C)cc1NC(=O)COc1cc(-c2cnn(C3CC3)c2)c2ccccc2c1. The van der Waals surface area contributed by atoms with Crippen molar-refractivity contribution < 1.29 is 9.53 Å². The van der Waals surface area contributed by atoms with Gasteiger partial charge in [0.05, 0.1) is 23.6 Å². The second kappa shape index (κ2) is 7.33. The summed E-state index contributed by atoms with van der Waals surface area (Å²) in [7, 11) is 1.82. The predicted molar refractivity (Wildman–Crippen MR) is 116 cm³/mol. The minimum Gasteiger partial charge on any atom is -0.484 e. The summed E-state index contributed by atoms with van der Waals surface area (Å²) in [5.74, 6) is 0.434. The van der Waals surface area contributed by atoms with Crippen molar-refractivity contribution in [2.75, 3.05) is 11.9 Å². The van der Waals surface area contributed by atoms with E-state index in [9.17, 15) is 4.79 Å². The van der Waals surface area contributed by atoms with Gasteiger partial charge in [-0.15, -0.1) is 0 Å². The summed E-state index contributed by atoms with van der Waals surface area (Å²) >= 11 is 0. The first-order valence-electron chi connectivity index (χ1n) is 10.1. The van der Waals surface area contributed by atoms with E-state index in [0.29, 0.717) is 17.5 Å². The summed E-state index contributed by atoms with van der Waals surface area (Å²) in [6.07, 6.45) is 8.16. The van der Waals surface area contributed by atoms with Gasteiger partial charge in [-0.1, -0.05) is 24.3 Å². The maximum absolute atomic E-state index is 12.4. The maximum Gasteiger partial charge on any atom is 0.262 e. The molecule has 7 nitrogen and oxygen atoms in total. The largest absolute Gasteiger partial charge is 0.484 e. The minimum atomic E-state index is -0.220.